The van der Waals surface area contributed by atoms with E-state index < -0.39 is 18.5 Å². The average Bonchev–Trinajstić information content (AvgIpc) is 2.41. The number of carbonyl (C=O) groups is 1. The van der Waals surface area contributed by atoms with Crippen molar-refractivity contribution in [2.45, 2.75) is 44.8 Å². The van der Waals surface area contributed by atoms with Crippen molar-refractivity contribution in [3.63, 3.8) is 0 Å². The molecule has 1 fully saturated rings. The Bertz CT molecular complexity index is 268. The lowest BCUT2D eigenvalue weighted by molar-refractivity contribution is -0.340. The van der Waals surface area contributed by atoms with Crippen molar-refractivity contribution in [1.29, 1.82) is 0 Å². The number of hydrogen-bond acceptors (Lipinski definition) is 3. The van der Waals surface area contributed by atoms with Crippen LogP contribution in [-0.4, -0.2) is 41.9 Å². The topological polar surface area (TPSA) is 55.6 Å². The van der Waals surface area contributed by atoms with Gasteiger partial charge in [-0.25, -0.2) is 0 Å². The molecule has 1 rings (SSSR count). The second-order valence-electron chi connectivity index (χ2n) is 4.05. The number of hydrogen-bond donors (Lipinski definition) is 1. The molecule has 0 bridgehead atoms. The highest BCUT2D eigenvalue weighted by Gasteiger charge is 2.40. The van der Waals surface area contributed by atoms with Crippen LogP contribution in [0.4, 0.5) is 13.2 Å². The molecular formula is C9H15F3N2O2. The van der Waals surface area contributed by atoms with E-state index in [-0.39, 0.29) is 24.9 Å². The molecule has 0 aromatic rings. The number of nitrogens with zero attached hydrogens (tertiary/aromatic N) is 1. The average molecular weight is 240 g/mol. The summed E-state index contributed by atoms with van der Waals surface area (Å²) in [5.74, 6) is -0.347. The molecule has 1 heterocycles. The number of rotatable bonds is 2. The predicted molar refractivity (Wildman–Crippen MR) is 50.4 cm³/mol. The first-order chi connectivity index (χ1) is 7.20. The molecule has 1 amide bonds. The third-order valence-electron chi connectivity index (χ3n) is 2.51. The zero-order valence-electron chi connectivity index (χ0n) is 9.12. The van der Waals surface area contributed by atoms with Crippen molar-refractivity contribution in [1.82, 2.24) is 4.90 Å². The summed E-state index contributed by atoms with van der Waals surface area (Å²) in [6.07, 6.45) is -5.46. The van der Waals surface area contributed by atoms with Gasteiger partial charge in [0.15, 0.2) is 0 Å². The first-order valence-corrected chi connectivity index (χ1v) is 5.01. The first-order valence-electron chi connectivity index (χ1n) is 5.01. The van der Waals surface area contributed by atoms with E-state index >= 15 is 0 Å². The van der Waals surface area contributed by atoms with Crippen LogP contribution in [-0.2, 0) is 9.53 Å². The molecule has 1 aliphatic rings. The van der Waals surface area contributed by atoms with Gasteiger partial charge in [0.05, 0.1) is 12.1 Å². The largest absolute Gasteiger partial charge is 0.522 e. The maximum absolute atomic E-state index is 12.0. The zero-order valence-corrected chi connectivity index (χ0v) is 9.12. The van der Waals surface area contributed by atoms with Crippen molar-refractivity contribution in [3.05, 3.63) is 0 Å². The summed E-state index contributed by atoms with van der Waals surface area (Å²) in [6.45, 7) is 3.13. The van der Waals surface area contributed by atoms with E-state index in [9.17, 15) is 18.0 Å². The van der Waals surface area contributed by atoms with Gasteiger partial charge in [0, 0.05) is 12.6 Å². The Morgan fingerprint density at radius 3 is 2.56 bits per heavy atom. The SMILES string of the molecule is C[C@@H](N)C(=O)N1C[C@H](OC(F)(F)F)C[C@@H]1C. The Morgan fingerprint density at radius 1 is 1.56 bits per heavy atom. The van der Waals surface area contributed by atoms with Crippen LogP contribution in [0.2, 0.25) is 0 Å². The molecule has 2 N–H and O–H groups in total. The number of likely N-dealkylation sites (tertiary alicyclic amines) is 1. The van der Waals surface area contributed by atoms with E-state index in [1.54, 1.807) is 6.92 Å². The van der Waals surface area contributed by atoms with E-state index in [1.165, 1.54) is 11.8 Å². The number of ether oxygens (including phenoxy) is 1. The second-order valence-corrected chi connectivity index (χ2v) is 4.05. The van der Waals surface area contributed by atoms with E-state index in [4.69, 9.17) is 5.73 Å². The Hall–Kier alpha value is -0.820. The minimum absolute atomic E-state index is 0.0545. The zero-order chi connectivity index (χ0) is 12.5. The van der Waals surface area contributed by atoms with Gasteiger partial charge in [0.1, 0.15) is 0 Å². The van der Waals surface area contributed by atoms with Crippen molar-refractivity contribution in [2.75, 3.05) is 6.54 Å². The van der Waals surface area contributed by atoms with Gasteiger partial charge in [-0.3, -0.25) is 9.53 Å². The third kappa shape index (κ3) is 3.34. The molecule has 0 unspecified atom stereocenters. The molecule has 94 valence electrons. The van der Waals surface area contributed by atoms with Gasteiger partial charge in [-0.05, 0) is 20.3 Å². The van der Waals surface area contributed by atoms with Crippen LogP contribution >= 0.6 is 0 Å². The third-order valence-corrected chi connectivity index (χ3v) is 2.51. The Balaban J connectivity index is 2.57. The van der Waals surface area contributed by atoms with E-state index in [1.807, 2.05) is 0 Å². The monoisotopic (exact) mass is 240 g/mol. The van der Waals surface area contributed by atoms with Crippen molar-refractivity contribution in [3.8, 4) is 0 Å². The summed E-state index contributed by atoms with van der Waals surface area (Å²) in [5.41, 5.74) is 5.40. The molecule has 0 aliphatic carbocycles. The molecule has 3 atom stereocenters. The van der Waals surface area contributed by atoms with Gasteiger partial charge in [-0.15, -0.1) is 13.2 Å². The standard InChI is InChI=1S/C9H15F3N2O2/c1-5-3-7(16-9(10,11)12)4-14(5)8(15)6(2)13/h5-7H,3-4,13H2,1-2H3/t5-,6+,7+/m0/s1. The highest BCUT2D eigenvalue weighted by atomic mass is 19.4. The number of halogens is 3. The molecule has 7 heteroatoms. The van der Waals surface area contributed by atoms with E-state index in [0.717, 1.165) is 0 Å². The maximum atomic E-state index is 12.0. The summed E-state index contributed by atoms with van der Waals surface area (Å²) < 4.78 is 39.8. The van der Waals surface area contributed by atoms with Crippen LogP contribution < -0.4 is 5.73 Å². The predicted octanol–water partition coefficient (Wildman–Crippen LogP) is 0.859. The van der Waals surface area contributed by atoms with Crippen LogP contribution in [0.15, 0.2) is 0 Å². The Morgan fingerprint density at radius 2 is 2.12 bits per heavy atom. The van der Waals surface area contributed by atoms with Crippen molar-refractivity contribution >= 4 is 5.91 Å². The molecule has 4 nitrogen and oxygen atoms in total. The molecule has 0 spiro atoms. The lowest BCUT2D eigenvalue weighted by atomic mass is 10.2. The molecule has 1 saturated heterocycles. The summed E-state index contributed by atoms with van der Waals surface area (Å²) in [4.78, 5) is 12.9. The van der Waals surface area contributed by atoms with Crippen molar-refractivity contribution < 1.29 is 22.7 Å². The van der Waals surface area contributed by atoms with Gasteiger partial charge in [-0.2, -0.15) is 0 Å². The number of alkyl halides is 3. The molecule has 0 saturated carbocycles. The van der Waals surface area contributed by atoms with Crippen LogP contribution in [0.25, 0.3) is 0 Å². The minimum atomic E-state index is -4.65. The van der Waals surface area contributed by atoms with E-state index in [0.29, 0.717) is 0 Å². The molecule has 0 aromatic heterocycles. The summed E-state index contributed by atoms with van der Waals surface area (Å²) in [5, 5.41) is 0. The molecule has 0 radical (unpaired) electrons. The number of carbonyl (C=O) groups excluding carboxylic acids is 1. The summed E-state index contributed by atoms with van der Waals surface area (Å²) in [6, 6.07) is -0.974. The summed E-state index contributed by atoms with van der Waals surface area (Å²) in [7, 11) is 0. The fourth-order valence-corrected chi connectivity index (χ4v) is 1.82. The highest BCUT2D eigenvalue weighted by molar-refractivity contribution is 5.81. The lowest BCUT2D eigenvalue weighted by Crippen LogP contribution is -2.44. The molecular weight excluding hydrogens is 225 g/mol. The van der Waals surface area contributed by atoms with Crippen LogP contribution in [0.5, 0.6) is 0 Å². The van der Waals surface area contributed by atoms with Gasteiger partial charge in [0.25, 0.3) is 0 Å². The van der Waals surface area contributed by atoms with Gasteiger partial charge in [-0.1, -0.05) is 0 Å². The second kappa shape index (κ2) is 4.58. The van der Waals surface area contributed by atoms with Gasteiger partial charge < -0.3 is 10.6 Å². The fraction of sp³-hybridized carbons (Fsp3) is 0.889. The highest BCUT2D eigenvalue weighted by Crippen LogP contribution is 2.27. The lowest BCUT2D eigenvalue weighted by Gasteiger charge is -2.23. The Labute approximate surface area is 91.5 Å². The van der Waals surface area contributed by atoms with Crippen molar-refractivity contribution in [2.24, 2.45) is 5.73 Å². The molecule has 0 aromatic carbocycles. The first kappa shape index (κ1) is 13.2. The fourth-order valence-electron chi connectivity index (χ4n) is 1.82. The minimum Gasteiger partial charge on any atom is -0.336 e. The Kier molecular flexibility index (Phi) is 3.80. The summed E-state index contributed by atoms with van der Waals surface area (Å²) >= 11 is 0. The van der Waals surface area contributed by atoms with Gasteiger partial charge >= 0.3 is 6.36 Å². The van der Waals surface area contributed by atoms with Crippen LogP contribution in [0, 0.1) is 0 Å². The maximum Gasteiger partial charge on any atom is 0.522 e. The quantitative estimate of drug-likeness (QED) is 0.778. The van der Waals surface area contributed by atoms with Gasteiger partial charge in [0.2, 0.25) is 5.91 Å². The number of amides is 1. The normalized spacial score (nSPS) is 28.2. The molecule has 16 heavy (non-hydrogen) atoms. The van der Waals surface area contributed by atoms with Crippen LogP contribution in [0.1, 0.15) is 20.3 Å². The van der Waals surface area contributed by atoms with Crippen LogP contribution in [0.3, 0.4) is 0 Å². The molecule has 1 aliphatic heterocycles. The smallest absolute Gasteiger partial charge is 0.336 e. The number of nitrogens with two attached hydrogens (primary N) is 1. The van der Waals surface area contributed by atoms with E-state index in [2.05, 4.69) is 4.74 Å².